The van der Waals surface area contributed by atoms with Crippen LogP contribution in [0, 0.1) is 0 Å². The van der Waals surface area contributed by atoms with E-state index in [4.69, 9.17) is 0 Å². The molecule has 1 N–H and O–H groups in total. The quantitative estimate of drug-likeness (QED) is 0.769. The van der Waals surface area contributed by atoms with Crippen molar-refractivity contribution < 1.29 is 9.59 Å². The molecule has 0 radical (unpaired) electrons. The van der Waals surface area contributed by atoms with Crippen molar-refractivity contribution in [3.05, 3.63) is 65.4 Å². The Hall–Kier alpha value is -3.15. The molecule has 0 unspecified atom stereocenters. The number of rotatable bonds is 2. The summed E-state index contributed by atoms with van der Waals surface area (Å²) in [4.78, 5) is 27.4. The van der Waals surface area contributed by atoms with E-state index in [0.29, 0.717) is 18.7 Å². The maximum absolute atomic E-state index is 13.3. The molecule has 0 spiro atoms. The number of hydrogen-bond acceptors (Lipinski definition) is 3. The van der Waals surface area contributed by atoms with Gasteiger partial charge in [0.05, 0.1) is 5.52 Å². The molecule has 2 amide bonds. The fourth-order valence-electron chi connectivity index (χ4n) is 3.65. The molecule has 1 atom stereocenters. The Morgan fingerprint density at radius 3 is 2.54 bits per heavy atom. The van der Waals surface area contributed by atoms with Gasteiger partial charge in [-0.15, -0.1) is 0 Å². The van der Waals surface area contributed by atoms with Crippen LogP contribution in [-0.4, -0.2) is 39.6 Å². The SMILES string of the molecule is CNC(=O)[C@@H]1Cc2ccccc2CN1C(=O)c1nn(C)c2ccccc12. The van der Waals surface area contributed by atoms with Crippen LogP contribution in [0.2, 0.25) is 0 Å². The Balaban J connectivity index is 1.78. The van der Waals surface area contributed by atoms with Gasteiger partial charge in [-0.2, -0.15) is 5.10 Å². The summed E-state index contributed by atoms with van der Waals surface area (Å²) in [5.41, 5.74) is 3.46. The molecule has 0 saturated heterocycles. The fourth-order valence-corrected chi connectivity index (χ4v) is 3.65. The molecule has 26 heavy (non-hydrogen) atoms. The molecule has 1 aromatic heterocycles. The molecule has 0 bridgehead atoms. The number of likely N-dealkylation sites (N-methyl/N-ethyl adjacent to an activating group) is 1. The van der Waals surface area contributed by atoms with Gasteiger partial charge < -0.3 is 10.2 Å². The first kappa shape index (κ1) is 16.3. The summed E-state index contributed by atoms with van der Waals surface area (Å²) in [5.74, 6) is -0.377. The Labute approximate surface area is 151 Å². The molecular weight excluding hydrogens is 328 g/mol. The third-order valence-electron chi connectivity index (χ3n) is 5.02. The predicted molar refractivity (Wildman–Crippen MR) is 98.6 cm³/mol. The fraction of sp³-hybridized carbons (Fsp3) is 0.250. The topological polar surface area (TPSA) is 67.2 Å². The molecule has 2 heterocycles. The lowest BCUT2D eigenvalue weighted by atomic mass is 9.93. The standard InChI is InChI=1S/C20H20N4O2/c1-21-19(25)17-11-13-7-3-4-8-14(13)12-24(17)20(26)18-15-9-5-6-10-16(15)23(2)22-18/h3-10,17H,11-12H2,1-2H3,(H,21,25)/t17-/m0/s1. The second-order valence-corrected chi connectivity index (χ2v) is 6.53. The highest BCUT2D eigenvalue weighted by molar-refractivity contribution is 6.06. The van der Waals surface area contributed by atoms with Crippen LogP contribution in [-0.2, 0) is 24.8 Å². The average molecular weight is 348 g/mol. The van der Waals surface area contributed by atoms with E-state index in [2.05, 4.69) is 10.4 Å². The third kappa shape index (κ3) is 2.54. The van der Waals surface area contributed by atoms with Crippen LogP contribution in [0.4, 0.5) is 0 Å². The number of nitrogens with one attached hydrogen (secondary N) is 1. The molecule has 6 nitrogen and oxygen atoms in total. The molecule has 6 heteroatoms. The molecule has 1 aliphatic rings. The van der Waals surface area contributed by atoms with Crippen molar-refractivity contribution in [3.8, 4) is 0 Å². The summed E-state index contributed by atoms with van der Waals surface area (Å²) in [7, 11) is 3.42. The largest absolute Gasteiger partial charge is 0.357 e. The molecular formula is C20H20N4O2. The van der Waals surface area contributed by atoms with Gasteiger partial charge >= 0.3 is 0 Å². The zero-order chi connectivity index (χ0) is 18.3. The highest BCUT2D eigenvalue weighted by atomic mass is 16.2. The van der Waals surface area contributed by atoms with E-state index in [9.17, 15) is 9.59 Å². The minimum absolute atomic E-state index is 0.159. The van der Waals surface area contributed by atoms with Crippen LogP contribution < -0.4 is 5.32 Å². The Bertz CT molecular complexity index is 1010. The molecule has 0 aliphatic carbocycles. The van der Waals surface area contributed by atoms with E-state index < -0.39 is 6.04 Å². The van der Waals surface area contributed by atoms with Crippen molar-refractivity contribution in [1.29, 1.82) is 0 Å². The molecule has 1 aliphatic heterocycles. The number of aryl methyl sites for hydroxylation is 1. The lowest BCUT2D eigenvalue weighted by Gasteiger charge is -2.35. The van der Waals surface area contributed by atoms with Gasteiger partial charge in [-0.1, -0.05) is 42.5 Å². The smallest absolute Gasteiger partial charge is 0.275 e. The number of carbonyl (C=O) groups excluding carboxylic acids is 2. The molecule has 2 aromatic carbocycles. The number of fused-ring (bicyclic) bond motifs is 2. The van der Waals surface area contributed by atoms with Crippen molar-refractivity contribution in [2.24, 2.45) is 7.05 Å². The highest BCUT2D eigenvalue weighted by Gasteiger charge is 2.36. The summed E-state index contributed by atoms with van der Waals surface area (Å²) in [5, 5.41) is 7.92. The number of amides is 2. The highest BCUT2D eigenvalue weighted by Crippen LogP contribution is 2.27. The molecule has 3 aromatic rings. The van der Waals surface area contributed by atoms with Gasteiger partial charge in [0.2, 0.25) is 5.91 Å². The summed E-state index contributed by atoms with van der Waals surface area (Å²) >= 11 is 0. The minimum Gasteiger partial charge on any atom is -0.357 e. The Morgan fingerprint density at radius 1 is 1.08 bits per heavy atom. The normalized spacial score (nSPS) is 16.4. The van der Waals surface area contributed by atoms with Crippen molar-refractivity contribution in [2.75, 3.05) is 7.05 Å². The van der Waals surface area contributed by atoms with Crippen molar-refractivity contribution >= 4 is 22.7 Å². The predicted octanol–water partition coefficient (Wildman–Crippen LogP) is 1.89. The summed E-state index contributed by atoms with van der Waals surface area (Å²) in [6, 6.07) is 15.0. The lowest BCUT2D eigenvalue weighted by molar-refractivity contribution is -0.125. The molecule has 0 fully saturated rings. The van der Waals surface area contributed by atoms with E-state index in [0.717, 1.165) is 22.0 Å². The second-order valence-electron chi connectivity index (χ2n) is 6.53. The van der Waals surface area contributed by atoms with Gasteiger partial charge in [0.25, 0.3) is 5.91 Å². The minimum atomic E-state index is -0.539. The number of benzene rings is 2. The first-order chi connectivity index (χ1) is 12.6. The zero-order valence-electron chi connectivity index (χ0n) is 14.8. The van der Waals surface area contributed by atoms with E-state index in [1.807, 2.05) is 55.6 Å². The van der Waals surface area contributed by atoms with Crippen LogP contribution in [0.25, 0.3) is 10.9 Å². The molecule has 4 rings (SSSR count). The lowest BCUT2D eigenvalue weighted by Crippen LogP contribution is -2.52. The number of carbonyl (C=O) groups is 2. The molecule has 0 saturated carbocycles. The van der Waals surface area contributed by atoms with Crippen LogP contribution in [0.15, 0.2) is 48.5 Å². The van der Waals surface area contributed by atoms with Crippen molar-refractivity contribution in [3.63, 3.8) is 0 Å². The summed E-state index contributed by atoms with van der Waals surface area (Å²) in [6.45, 7) is 0.401. The summed E-state index contributed by atoms with van der Waals surface area (Å²) in [6.07, 6.45) is 0.506. The second kappa shape index (κ2) is 6.29. The maximum atomic E-state index is 13.3. The zero-order valence-corrected chi connectivity index (χ0v) is 14.8. The van der Waals surface area contributed by atoms with Crippen LogP contribution >= 0.6 is 0 Å². The van der Waals surface area contributed by atoms with Gasteiger partial charge in [-0.05, 0) is 17.2 Å². The third-order valence-corrected chi connectivity index (χ3v) is 5.02. The monoisotopic (exact) mass is 348 g/mol. The van der Waals surface area contributed by atoms with E-state index in [-0.39, 0.29) is 11.8 Å². The van der Waals surface area contributed by atoms with Crippen molar-refractivity contribution in [2.45, 2.75) is 19.0 Å². The number of nitrogens with zero attached hydrogens (tertiary/aromatic N) is 3. The maximum Gasteiger partial charge on any atom is 0.275 e. The Kier molecular flexibility index (Phi) is 3.95. The van der Waals surface area contributed by atoms with Gasteiger partial charge in [0.1, 0.15) is 6.04 Å². The number of para-hydroxylation sites is 1. The average Bonchev–Trinajstić information content (AvgIpc) is 3.02. The first-order valence-electron chi connectivity index (χ1n) is 8.61. The number of hydrogen-bond donors (Lipinski definition) is 1. The number of aromatic nitrogens is 2. The summed E-state index contributed by atoms with van der Waals surface area (Å²) < 4.78 is 1.70. The van der Waals surface area contributed by atoms with Crippen molar-refractivity contribution in [1.82, 2.24) is 20.0 Å². The first-order valence-corrected chi connectivity index (χ1v) is 8.61. The van der Waals surface area contributed by atoms with Gasteiger partial charge in [-0.3, -0.25) is 14.3 Å². The van der Waals surface area contributed by atoms with E-state index in [1.165, 1.54) is 0 Å². The van der Waals surface area contributed by atoms with E-state index in [1.54, 1.807) is 16.6 Å². The van der Waals surface area contributed by atoms with Crippen LogP contribution in [0.1, 0.15) is 21.6 Å². The van der Waals surface area contributed by atoms with Crippen LogP contribution in [0.3, 0.4) is 0 Å². The van der Waals surface area contributed by atoms with Crippen LogP contribution in [0.5, 0.6) is 0 Å². The van der Waals surface area contributed by atoms with Gasteiger partial charge in [-0.25, -0.2) is 0 Å². The van der Waals surface area contributed by atoms with Gasteiger partial charge in [0, 0.05) is 32.4 Å². The van der Waals surface area contributed by atoms with E-state index >= 15 is 0 Å². The molecule has 132 valence electrons. The Morgan fingerprint density at radius 2 is 1.77 bits per heavy atom. The van der Waals surface area contributed by atoms with Gasteiger partial charge in [0.15, 0.2) is 5.69 Å².